The first kappa shape index (κ1) is 23.4. The Bertz CT molecular complexity index is 887. The van der Waals surface area contributed by atoms with Gasteiger partial charge in [0.1, 0.15) is 12.8 Å². The molecule has 164 valence electrons. The molecule has 0 saturated heterocycles. The van der Waals surface area contributed by atoms with Gasteiger partial charge >= 0.3 is 7.82 Å². The number of hydrogen-bond donors (Lipinski definition) is 3. The fourth-order valence-electron chi connectivity index (χ4n) is 2.49. The van der Waals surface area contributed by atoms with E-state index in [9.17, 15) is 14.3 Å². The fraction of sp³-hybridized carbons (Fsp3) is 0.667. The lowest BCUT2D eigenvalue weighted by Gasteiger charge is -2.27. The van der Waals surface area contributed by atoms with Crippen molar-refractivity contribution in [3.63, 3.8) is 0 Å². The fourth-order valence-corrected chi connectivity index (χ4v) is 3.12. The van der Waals surface area contributed by atoms with Crippen LogP contribution in [0.5, 0.6) is 0 Å². The van der Waals surface area contributed by atoms with Gasteiger partial charge in [-0.2, -0.15) is 4.98 Å². The van der Waals surface area contributed by atoms with Crippen molar-refractivity contribution >= 4 is 24.9 Å². The zero-order valence-corrected chi connectivity index (χ0v) is 17.3. The van der Waals surface area contributed by atoms with Crippen molar-refractivity contribution < 1.29 is 32.7 Å². The van der Waals surface area contributed by atoms with Crippen LogP contribution in [-0.4, -0.2) is 70.7 Å². The maximum atomic E-state index is 11.9. The van der Waals surface area contributed by atoms with Crippen LogP contribution < -0.4 is 11.3 Å². The standard InChI is InChI=1S/C15H26N5O8P/c1-4-10(11(7-26-6-5-24-2)28-29(22,23)25-3)27-9-20-8-17-12-13(20)18-15(16)19-14(12)21/h8,10-11H,4-7,9H2,1-3H3,(H,22,23)(H3,16,18,19,21). The summed E-state index contributed by atoms with van der Waals surface area (Å²) < 4.78 is 39.3. The van der Waals surface area contributed by atoms with Gasteiger partial charge in [-0.05, 0) is 6.42 Å². The second kappa shape index (κ2) is 10.8. The molecule has 0 aliphatic rings. The minimum Gasteiger partial charge on any atom is -0.382 e. The Kier molecular flexibility index (Phi) is 8.71. The number of anilines is 1. The molecule has 0 aliphatic carbocycles. The molecule has 0 radical (unpaired) electrons. The van der Waals surface area contributed by atoms with E-state index < -0.39 is 25.6 Å². The number of imidazole rings is 1. The van der Waals surface area contributed by atoms with Gasteiger partial charge in [0.05, 0.1) is 32.3 Å². The van der Waals surface area contributed by atoms with E-state index in [1.54, 1.807) is 0 Å². The van der Waals surface area contributed by atoms with E-state index in [1.807, 2.05) is 6.92 Å². The average Bonchev–Trinajstić information content (AvgIpc) is 3.08. The van der Waals surface area contributed by atoms with Crippen molar-refractivity contribution in [2.45, 2.75) is 32.3 Å². The first-order valence-corrected chi connectivity index (χ1v) is 10.3. The van der Waals surface area contributed by atoms with E-state index in [0.29, 0.717) is 13.0 Å². The van der Waals surface area contributed by atoms with Crippen molar-refractivity contribution in [3.8, 4) is 0 Å². The van der Waals surface area contributed by atoms with Crippen LogP contribution in [0, 0.1) is 0 Å². The van der Waals surface area contributed by atoms with Crippen LogP contribution in [-0.2, 0) is 34.6 Å². The normalized spacial score (nSPS) is 16.0. The van der Waals surface area contributed by atoms with Crippen LogP contribution >= 0.6 is 7.82 Å². The zero-order valence-electron chi connectivity index (χ0n) is 16.4. The number of aromatic nitrogens is 4. The van der Waals surface area contributed by atoms with E-state index in [4.69, 9.17) is 24.5 Å². The number of nitrogens with zero attached hydrogens (tertiary/aromatic N) is 3. The lowest BCUT2D eigenvalue weighted by molar-refractivity contribution is -0.0924. The lowest BCUT2D eigenvalue weighted by Crippen LogP contribution is -2.35. The molecule has 2 heterocycles. The third-order valence-corrected chi connectivity index (χ3v) is 4.95. The quantitative estimate of drug-likeness (QED) is 0.291. The molecule has 3 unspecified atom stereocenters. The summed E-state index contributed by atoms with van der Waals surface area (Å²) in [6.07, 6.45) is 0.287. The van der Waals surface area contributed by atoms with Gasteiger partial charge in [0.15, 0.2) is 11.2 Å². The highest BCUT2D eigenvalue weighted by Crippen LogP contribution is 2.44. The second-order valence-electron chi connectivity index (χ2n) is 5.94. The van der Waals surface area contributed by atoms with Crippen LogP contribution in [0.2, 0.25) is 0 Å². The molecule has 0 aliphatic heterocycles. The number of fused-ring (bicyclic) bond motifs is 1. The summed E-state index contributed by atoms with van der Waals surface area (Å²) in [7, 11) is -1.68. The number of nitrogen functional groups attached to an aromatic ring is 1. The lowest BCUT2D eigenvalue weighted by atomic mass is 10.1. The molecular weight excluding hydrogens is 409 g/mol. The van der Waals surface area contributed by atoms with Gasteiger partial charge < -0.3 is 24.8 Å². The van der Waals surface area contributed by atoms with Crippen LogP contribution in [0.4, 0.5) is 5.95 Å². The maximum Gasteiger partial charge on any atom is 0.472 e. The van der Waals surface area contributed by atoms with Crippen LogP contribution in [0.25, 0.3) is 11.2 Å². The number of phosphoric acid groups is 1. The third kappa shape index (κ3) is 6.57. The molecule has 0 bridgehead atoms. The largest absolute Gasteiger partial charge is 0.472 e. The number of hydrogen-bond acceptors (Lipinski definition) is 10. The van der Waals surface area contributed by atoms with Gasteiger partial charge in [0, 0.05) is 14.2 Å². The Morgan fingerprint density at radius 2 is 2.10 bits per heavy atom. The van der Waals surface area contributed by atoms with Gasteiger partial charge in [-0.25, -0.2) is 9.55 Å². The number of phosphoric ester groups is 1. The summed E-state index contributed by atoms with van der Waals surface area (Å²) in [5.41, 5.74) is 5.48. The van der Waals surface area contributed by atoms with Crippen molar-refractivity contribution in [1.82, 2.24) is 19.5 Å². The summed E-state index contributed by atoms with van der Waals surface area (Å²) in [4.78, 5) is 32.0. The summed E-state index contributed by atoms with van der Waals surface area (Å²) >= 11 is 0. The number of methoxy groups -OCH3 is 1. The van der Waals surface area contributed by atoms with Crippen molar-refractivity contribution in [3.05, 3.63) is 16.7 Å². The highest BCUT2D eigenvalue weighted by atomic mass is 31.2. The average molecular weight is 435 g/mol. The van der Waals surface area contributed by atoms with E-state index in [1.165, 1.54) is 18.0 Å². The minimum absolute atomic E-state index is 0.0225. The van der Waals surface area contributed by atoms with Gasteiger partial charge in [-0.3, -0.25) is 23.4 Å². The molecule has 3 atom stereocenters. The maximum absolute atomic E-state index is 11.9. The number of aromatic amines is 1. The molecule has 0 aromatic carbocycles. The van der Waals surface area contributed by atoms with Crippen molar-refractivity contribution in [1.29, 1.82) is 0 Å². The molecule has 14 heteroatoms. The Morgan fingerprint density at radius 1 is 1.34 bits per heavy atom. The molecule has 2 aromatic rings. The van der Waals surface area contributed by atoms with E-state index in [-0.39, 0.29) is 37.1 Å². The third-order valence-electron chi connectivity index (χ3n) is 3.95. The highest BCUT2D eigenvalue weighted by molar-refractivity contribution is 7.47. The van der Waals surface area contributed by atoms with Crippen LogP contribution in [0.15, 0.2) is 11.1 Å². The topological polar surface area (TPSA) is 173 Å². The Hall–Kier alpha value is -1.86. The number of ether oxygens (including phenoxy) is 3. The van der Waals surface area contributed by atoms with Gasteiger partial charge in [0.2, 0.25) is 5.95 Å². The molecule has 29 heavy (non-hydrogen) atoms. The Balaban J connectivity index is 2.12. The minimum atomic E-state index is -4.27. The summed E-state index contributed by atoms with van der Waals surface area (Å²) in [5.74, 6) is -0.0506. The highest BCUT2D eigenvalue weighted by Gasteiger charge is 2.31. The van der Waals surface area contributed by atoms with Crippen molar-refractivity contribution in [2.24, 2.45) is 0 Å². The molecule has 0 saturated carbocycles. The second-order valence-corrected chi connectivity index (χ2v) is 7.46. The molecule has 2 aromatic heterocycles. The summed E-state index contributed by atoms with van der Waals surface area (Å²) in [6.45, 7) is 2.37. The predicted octanol–water partition coefficient (Wildman–Crippen LogP) is 0.250. The van der Waals surface area contributed by atoms with E-state index >= 15 is 0 Å². The van der Waals surface area contributed by atoms with Gasteiger partial charge in [-0.1, -0.05) is 6.92 Å². The zero-order chi connectivity index (χ0) is 21.4. The Labute approximate surface area is 166 Å². The van der Waals surface area contributed by atoms with Crippen LogP contribution in [0.3, 0.4) is 0 Å². The number of nitrogens with one attached hydrogen (secondary N) is 1. The first-order valence-electron chi connectivity index (χ1n) is 8.77. The van der Waals surface area contributed by atoms with Crippen LogP contribution in [0.1, 0.15) is 13.3 Å². The first-order chi connectivity index (χ1) is 13.8. The predicted molar refractivity (Wildman–Crippen MR) is 102 cm³/mol. The Morgan fingerprint density at radius 3 is 2.76 bits per heavy atom. The molecular formula is C15H26N5O8P. The number of H-pyrrole nitrogens is 1. The SMILES string of the molecule is CCC(OCn1cnc2c(=O)[nH]c(N)nc21)C(COCCOC)OP(=O)(O)OC. The van der Waals surface area contributed by atoms with Gasteiger partial charge in [-0.15, -0.1) is 0 Å². The molecule has 13 nitrogen and oxygen atoms in total. The molecule has 0 fully saturated rings. The van der Waals surface area contributed by atoms with Gasteiger partial charge in [0.25, 0.3) is 5.56 Å². The molecule has 2 rings (SSSR count). The molecule has 0 amide bonds. The monoisotopic (exact) mass is 435 g/mol. The smallest absolute Gasteiger partial charge is 0.382 e. The van der Waals surface area contributed by atoms with Crippen molar-refractivity contribution in [2.75, 3.05) is 39.8 Å². The number of nitrogens with two attached hydrogens (primary N) is 1. The van der Waals surface area contributed by atoms with E-state index in [0.717, 1.165) is 7.11 Å². The molecule has 0 spiro atoms. The number of rotatable bonds is 13. The summed E-state index contributed by atoms with van der Waals surface area (Å²) in [6, 6.07) is 0. The molecule has 4 N–H and O–H groups in total. The summed E-state index contributed by atoms with van der Waals surface area (Å²) in [5, 5.41) is 0. The van der Waals surface area contributed by atoms with E-state index in [2.05, 4.69) is 19.5 Å².